The van der Waals surface area contributed by atoms with Crippen molar-refractivity contribution in [2.45, 2.75) is 32.4 Å². The Labute approximate surface area is 162 Å². The van der Waals surface area contributed by atoms with Crippen LogP contribution in [0.15, 0.2) is 35.1 Å². The van der Waals surface area contributed by atoms with Crippen molar-refractivity contribution in [2.75, 3.05) is 26.2 Å². The van der Waals surface area contributed by atoms with Gasteiger partial charge in [0.05, 0.1) is 5.39 Å². The Kier molecular flexibility index (Phi) is 4.55. The van der Waals surface area contributed by atoms with Gasteiger partial charge in [0.1, 0.15) is 44.1 Å². The molecule has 6 heteroatoms. The average molecular weight is 383 g/mol. The van der Waals surface area contributed by atoms with Crippen LogP contribution in [0.1, 0.15) is 28.2 Å². The first-order valence-electron chi connectivity index (χ1n) is 10.0. The largest absolute Gasteiger partial charge is 0.322 e. The number of hydrogen-bond acceptors (Lipinski definition) is 3. The zero-order valence-corrected chi connectivity index (χ0v) is 16.3. The molecule has 2 aliphatic rings. The summed E-state index contributed by atoms with van der Waals surface area (Å²) in [5.41, 5.74) is 2.75. The number of H-pyrrole nitrogens is 1. The molecule has 0 unspecified atom stereocenters. The number of benzene rings is 1. The molecule has 1 aromatic carbocycles. The van der Waals surface area contributed by atoms with Crippen LogP contribution in [0.25, 0.3) is 10.2 Å². The van der Waals surface area contributed by atoms with E-state index < -0.39 is 0 Å². The predicted octanol–water partition coefficient (Wildman–Crippen LogP) is -0.0431. The number of rotatable bonds is 4. The number of quaternary nitrogens is 2. The molecule has 0 amide bonds. The standard InChI is InChI=1S/C21H24N4OS/c26-20-19-16-7-4-8-17(16)27-21(19)23-18(22-20)14-25-11-9-24(10-12-25)13-15-5-2-1-3-6-15/h1-3,5-6H,4,7-14H2,(H,22,23,26)/p+2. The van der Waals surface area contributed by atoms with Gasteiger partial charge in [-0.25, -0.2) is 4.98 Å². The minimum atomic E-state index is 0.0714. The van der Waals surface area contributed by atoms with Gasteiger partial charge in [-0.05, 0) is 24.8 Å². The summed E-state index contributed by atoms with van der Waals surface area (Å²) < 4.78 is 0. The van der Waals surface area contributed by atoms with E-state index in [0.717, 1.165) is 55.1 Å². The molecule has 0 bridgehead atoms. The van der Waals surface area contributed by atoms with Crippen molar-refractivity contribution >= 4 is 21.6 Å². The first kappa shape index (κ1) is 17.1. The van der Waals surface area contributed by atoms with Crippen molar-refractivity contribution < 1.29 is 9.80 Å². The first-order chi connectivity index (χ1) is 13.3. The quantitative estimate of drug-likeness (QED) is 0.593. The number of thiophene rings is 1. The highest BCUT2D eigenvalue weighted by Crippen LogP contribution is 2.34. The molecular weight excluding hydrogens is 356 g/mol. The molecule has 27 heavy (non-hydrogen) atoms. The SMILES string of the molecule is O=c1[nH]c(C[NH+]2CC[NH+](Cc3ccccc3)CC2)nc2sc3c(c12)CCC3. The van der Waals surface area contributed by atoms with E-state index in [9.17, 15) is 4.79 Å². The summed E-state index contributed by atoms with van der Waals surface area (Å²) in [6.07, 6.45) is 3.33. The Balaban J connectivity index is 1.25. The number of aryl methyl sites for hydroxylation is 2. The van der Waals surface area contributed by atoms with Gasteiger partial charge in [-0.2, -0.15) is 0 Å². The minimum absolute atomic E-state index is 0.0714. The number of fused-ring (bicyclic) bond motifs is 3. The van der Waals surface area contributed by atoms with Gasteiger partial charge >= 0.3 is 0 Å². The van der Waals surface area contributed by atoms with Crippen LogP contribution >= 0.6 is 11.3 Å². The Morgan fingerprint density at radius 2 is 1.74 bits per heavy atom. The highest BCUT2D eigenvalue weighted by molar-refractivity contribution is 7.18. The van der Waals surface area contributed by atoms with Gasteiger partial charge in [-0.3, -0.25) is 4.79 Å². The van der Waals surface area contributed by atoms with Crippen molar-refractivity contribution in [1.82, 2.24) is 9.97 Å². The number of nitrogens with zero attached hydrogens (tertiary/aromatic N) is 1. The molecule has 0 atom stereocenters. The highest BCUT2D eigenvalue weighted by atomic mass is 32.1. The zero-order valence-electron chi connectivity index (χ0n) is 15.5. The fraction of sp³-hybridized carbons (Fsp3) is 0.429. The van der Waals surface area contributed by atoms with Crippen molar-refractivity contribution in [3.8, 4) is 0 Å². The maximum atomic E-state index is 12.6. The lowest BCUT2D eigenvalue weighted by atomic mass is 10.2. The Morgan fingerprint density at radius 1 is 1.00 bits per heavy atom. The van der Waals surface area contributed by atoms with Crippen molar-refractivity contribution in [1.29, 1.82) is 0 Å². The third-order valence-electron chi connectivity index (χ3n) is 6.00. The summed E-state index contributed by atoms with van der Waals surface area (Å²) in [5, 5.41) is 0.864. The molecule has 3 N–H and O–H groups in total. The number of aromatic amines is 1. The maximum Gasteiger partial charge on any atom is 0.260 e. The maximum absolute atomic E-state index is 12.6. The van der Waals surface area contributed by atoms with Gasteiger partial charge in [-0.1, -0.05) is 30.3 Å². The molecule has 2 aromatic heterocycles. The third-order valence-corrected chi connectivity index (χ3v) is 7.19. The topological polar surface area (TPSA) is 54.6 Å². The summed E-state index contributed by atoms with van der Waals surface area (Å²) in [5.74, 6) is 0.855. The van der Waals surface area contributed by atoms with Crippen molar-refractivity contribution in [2.24, 2.45) is 0 Å². The molecule has 0 radical (unpaired) electrons. The lowest BCUT2D eigenvalue weighted by molar-refractivity contribution is -1.02. The van der Waals surface area contributed by atoms with Gasteiger partial charge in [0.15, 0.2) is 5.82 Å². The Bertz CT molecular complexity index is 1000. The Morgan fingerprint density at radius 3 is 2.52 bits per heavy atom. The van der Waals surface area contributed by atoms with Crippen LogP contribution in [0.4, 0.5) is 0 Å². The van der Waals surface area contributed by atoms with Crippen LogP contribution < -0.4 is 15.4 Å². The number of piperazine rings is 1. The van der Waals surface area contributed by atoms with E-state index in [4.69, 9.17) is 4.98 Å². The summed E-state index contributed by atoms with van der Waals surface area (Å²) >= 11 is 1.73. The number of nitrogens with one attached hydrogen (secondary N) is 3. The van der Waals surface area contributed by atoms with E-state index in [1.54, 1.807) is 16.2 Å². The molecule has 3 heterocycles. The molecule has 5 nitrogen and oxygen atoms in total. The van der Waals surface area contributed by atoms with Gasteiger partial charge in [0.25, 0.3) is 5.56 Å². The lowest BCUT2D eigenvalue weighted by Gasteiger charge is -2.29. The zero-order chi connectivity index (χ0) is 18.2. The molecule has 140 valence electrons. The van der Waals surface area contributed by atoms with Crippen LogP contribution in [0.3, 0.4) is 0 Å². The van der Waals surface area contributed by atoms with E-state index >= 15 is 0 Å². The summed E-state index contributed by atoms with van der Waals surface area (Å²) in [6.45, 7) is 6.53. The second kappa shape index (κ2) is 7.19. The van der Waals surface area contributed by atoms with E-state index in [1.807, 2.05) is 0 Å². The van der Waals surface area contributed by atoms with E-state index in [1.165, 1.54) is 40.4 Å². The second-order valence-corrected chi connectivity index (χ2v) is 8.97. The molecule has 5 rings (SSSR count). The van der Waals surface area contributed by atoms with E-state index in [0.29, 0.717) is 0 Å². The first-order valence-corrected chi connectivity index (χ1v) is 10.8. The summed E-state index contributed by atoms with van der Waals surface area (Å²) in [4.78, 5) is 26.0. The average Bonchev–Trinajstić information content (AvgIpc) is 3.25. The van der Waals surface area contributed by atoms with Gasteiger partial charge in [0.2, 0.25) is 0 Å². The molecule has 3 aromatic rings. The lowest BCUT2D eigenvalue weighted by Crippen LogP contribution is -3.27. The fourth-order valence-corrected chi connectivity index (χ4v) is 5.84. The second-order valence-electron chi connectivity index (χ2n) is 7.89. The molecule has 1 fully saturated rings. The molecule has 1 aliphatic heterocycles. The van der Waals surface area contributed by atoms with Crippen LogP contribution in [0, 0.1) is 0 Å². The third kappa shape index (κ3) is 3.45. The minimum Gasteiger partial charge on any atom is -0.322 e. The summed E-state index contributed by atoms with van der Waals surface area (Å²) in [7, 11) is 0. The predicted molar refractivity (Wildman–Crippen MR) is 108 cm³/mol. The Hall–Kier alpha value is -2.02. The monoisotopic (exact) mass is 382 g/mol. The van der Waals surface area contributed by atoms with Crippen molar-refractivity contribution in [3.63, 3.8) is 0 Å². The van der Waals surface area contributed by atoms with Gasteiger partial charge in [0, 0.05) is 10.4 Å². The van der Waals surface area contributed by atoms with Crippen LogP contribution in [-0.2, 0) is 25.9 Å². The fourth-order valence-electron chi connectivity index (χ4n) is 4.56. The molecule has 0 saturated carbocycles. The smallest absolute Gasteiger partial charge is 0.260 e. The molecule has 0 spiro atoms. The molecule has 1 aliphatic carbocycles. The van der Waals surface area contributed by atoms with Crippen LogP contribution in [0.5, 0.6) is 0 Å². The number of hydrogen-bond donors (Lipinski definition) is 3. The van der Waals surface area contributed by atoms with Gasteiger partial charge < -0.3 is 14.8 Å². The van der Waals surface area contributed by atoms with E-state index in [-0.39, 0.29) is 5.56 Å². The van der Waals surface area contributed by atoms with Crippen LogP contribution in [0.2, 0.25) is 0 Å². The molecule has 1 saturated heterocycles. The van der Waals surface area contributed by atoms with Crippen LogP contribution in [-0.4, -0.2) is 36.1 Å². The van der Waals surface area contributed by atoms with Crippen molar-refractivity contribution in [3.05, 3.63) is 62.5 Å². The highest BCUT2D eigenvalue weighted by Gasteiger charge is 2.25. The normalized spacial score (nSPS) is 22.2. The molecular formula is C21H26N4OS+2. The summed E-state index contributed by atoms with van der Waals surface area (Å²) in [6, 6.07) is 10.8. The number of aromatic nitrogens is 2. The van der Waals surface area contributed by atoms with E-state index in [2.05, 4.69) is 35.3 Å². The van der Waals surface area contributed by atoms with Gasteiger partial charge in [-0.15, -0.1) is 11.3 Å².